The van der Waals surface area contributed by atoms with E-state index in [0.29, 0.717) is 0 Å². The van der Waals surface area contributed by atoms with Gasteiger partial charge in [0.1, 0.15) is 11.4 Å². The van der Waals surface area contributed by atoms with Gasteiger partial charge < -0.3 is 10.0 Å². The van der Waals surface area contributed by atoms with Crippen molar-refractivity contribution >= 4 is 21.9 Å². The molecule has 0 aromatic carbocycles. The fourth-order valence-electron chi connectivity index (χ4n) is 1.67. The van der Waals surface area contributed by atoms with Crippen LogP contribution in [0.25, 0.3) is 0 Å². The maximum absolute atomic E-state index is 12.0. The number of carboxylic acid groups (broad SMARTS) is 1. The van der Waals surface area contributed by atoms with Crippen molar-refractivity contribution in [3.05, 3.63) is 12.4 Å². The van der Waals surface area contributed by atoms with Gasteiger partial charge in [-0.1, -0.05) is 0 Å². The number of primary sulfonamides is 1. The zero-order valence-electron chi connectivity index (χ0n) is 11.8. The number of hydrogen-bond acceptors (Lipinski definition) is 5. The average Bonchev–Trinajstić information content (AvgIpc) is 2.81. The standard InChI is InChI=1S/C11H18N4O5S/c1-8(2)15(7-11(17)18)10(16)3-4-14-6-9(5-13-14)21(12,19)20/h5-6,8H,3-4,7H2,1-2H3,(H,17,18)(H2,12,19,20). The Balaban J connectivity index is 2.67. The molecule has 1 rings (SSSR count). The van der Waals surface area contributed by atoms with Crippen LogP contribution < -0.4 is 5.14 Å². The Morgan fingerprint density at radius 1 is 1.48 bits per heavy atom. The van der Waals surface area contributed by atoms with Crippen molar-refractivity contribution in [2.45, 2.75) is 37.8 Å². The fourth-order valence-corrected chi connectivity index (χ4v) is 2.13. The first-order valence-corrected chi connectivity index (χ1v) is 7.72. The van der Waals surface area contributed by atoms with Gasteiger partial charge in [0.05, 0.1) is 6.20 Å². The first-order chi connectivity index (χ1) is 9.61. The van der Waals surface area contributed by atoms with Gasteiger partial charge in [-0.3, -0.25) is 14.3 Å². The molecular weight excluding hydrogens is 300 g/mol. The van der Waals surface area contributed by atoms with Crippen LogP contribution in [-0.2, 0) is 26.2 Å². The summed E-state index contributed by atoms with van der Waals surface area (Å²) in [4.78, 5) is 23.8. The van der Waals surface area contributed by atoms with Crippen molar-refractivity contribution in [3.8, 4) is 0 Å². The lowest BCUT2D eigenvalue weighted by atomic mass is 10.2. The molecule has 9 nitrogen and oxygen atoms in total. The molecule has 0 atom stereocenters. The molecule has 0 aliphatic heterocycles. The number of nitrogens with zero attached hydrogens (tertiary/aromatic N) is 3. The van der Waals surface area contributed by atoms with Crippen LogP contribution in [0.15, 0.2) is 17.3 Å². The molecule has 21 heavy (non-hydrogen) atoms. The Bertz CT molecular complexity index is 622. The van der Waals surface area contributed by atoms with Crippen LogP contribution in [0.3, 0.4) is 0 Å². The van der Waals surface area contributed by atoms with Gasteiger partial charge in [0.15, 0.2) is 0 Å². The van der Waals surface area contributed by atoms with Crippen molar-refractivity contribution in [1.29, 1.82) is 0 Å². The second kappa shape index (κ2) is 6.68. The van der Waals surface area contributed by atoms with E-state index in [1.54, 1.807) is 13.8 Å². The van der Waals surface area contributed by atoms with E-state index in [1.807, 2.05) is 0 Å². The molecule has 0 unspecified atom stereocenters. The van der Waals surface area contributed by atoms with Gasteiger partial charge in [0.25, 0.3) is 0 Å². The summed E-state index contributed by atoms with van der Waals surface area (Å²) in [5, 5.41) is 17.5. The number of carbonyl (C=O) groups is 2. The van der Waals surface area contributed by atoms with Gasteiger partial charge in [0.2, 0.25) is 15.9 Å². The quantitative estimate of drug-likeness (QED) is 0.678. The van der Waals surface area contributed by atoms with Crippen LogP contribution in [0, 0.1) is 0 Å². The first-order valence-electron chi connectivity index (χ1n) is 6.17. The van der Waals surface area contributed by atoms with Gasteiger partial charge in [-0.05, 0) is 13.8 Å². The SMILES string of the molecule is CC(C)N(CC(=O)O)C(=O)CCn1cc(S(N)(=O)=O)cn1. The number of nitrogens with two attached hydrogens (primary N) is 1. The Labute approximate surface area is 122 Å². The number of amides is 1. The third-order valence-electron chi connectivity index (χ3n) is 2.74. The van der Waals surface area contributed by atoms with Crippen molar-refractivity contribution in [1.82, 2.24) is 14.7 Å². The zero-order valence-corrected chi connectivity index (χ0v) is 12.6. The maximum atomic E-state index is 12.0. The monoisotopic (exact) mass is 318 g/mol. The Morgan fingerprint density at radius 2 is 2.10 bits per heavy atom. The lowest BCUT2D eigenvalue weighted by Crippen LogP contribution is -2.41. The second-order valence-corrected chi connectivity index (χ2v) is 6.30. The van der Waals surface area contributed by atoms with Crippen LogP contribution in [-0.4, -0.2) is 52.7 Å². The van der Waals surface area contributed by atoms with Gasteiger partial charge in [0, 0.05) is 25.2 Å². The molecule has 0 fully saturated rings. The van der Waals surface area contributed by atoms with Gasteiger partial charge in [-0.25, -0.2) is 13.6 Å². The third kappa shape index (κ3) is 5.16. The minimum atomic E-state index is -3.82. The van der Waals surface area contributed by atoms with Gasteiger partial charge in [-0.2, -0.15) is 5.10 Å². The number of hydrogen-bond donors (Lipinski definition) is 2. The molecule has 0 radical (unpaired) electrons. The number of rotatable bonds is 7. The van der Waals surface area contributed by atoms with Crippen LogP contribution in [0.2, 0.25) is 0 Å². The summed E-state index contributed by atoms with van der Waals surface area (Å²) >= 11 is 0. The molecule has 0 spiro atoms. The number of aryl methyl sites for hydroxylation is 1. The van der Waals surface area contributed by atoms with Crippen LogP contribution in [0.1, 0.15) is 20.3 Å². The minimum absolute atomic E-state index is 0.0111. The maximum Gasteiger partial charge on any atom is 0.323 e. The number of carboxylic acids is 1. The molecule has 1 aromatic rings. The lowest BCUT2D eigenvalue weighted by molar-refractivity contribution is -0.145. The number of carbonyl (C=O) groups excluding carboxylic acids is 1. The summed E-state index contributed by atoms with van der Waals surface area (Å²) < 4.78 is 23.4. The summed E-state index contributed by atoms with van der Waals surface area (Å²) in [6.45, 7) is 3.19. The van der Waals surface area contributed by atoms with E-state index < -0.39 is 16.0 Å². The Morgan fingerprint density at radius 3 is 2.52 bits per heavy atom. The Kier molecular flexibility index (Phi) is 5.44. The normalized spacial score (nSPS) is 11.6. The molecule has 1 aromatic heterocycles. The van der Waals surface area contributed by atoms with Crippen LogP contribution in [0.5, 0.6) is 0 Å². The molecule has 0 aliphatic carbocycles. The van der Waals surface area contributed by atoms with Crippen molar-refractivity contribution in [2.24, 2.45) is 5.14 Å². The zero-order chi connectivity index (χ0) is 16.2. The Hall–Kier alpha value is -1.94. The third-order valence-corrected chi connectivity index (χ3v) is 3.61. The molecule has 1 heterocycles. The van der Waals surface area contributed by atoms with E-state index >= 15 is 0 Å². The molecule has 0 aliphatic rings. The highest BCUT2D eigenvalue weighted by molar-refractivity contribution is 7.89. The summed E-state index contributed by atoms with van der Waals surface area (Å²) in [6.07, 6.45) is 2.33. The predicted octanol–water partition coefficient (Wildman–Crippen LogP) is -0.758. The van der Waals surface area contributed by atoms with Gasteiger partial charge >= 0.3 is 5.97 Å². The number of aromatic nitrogens is 2. The molecule has 118 valence electrons. The average molecular weight is 318 g/mol. The summed E-state index contributed by atoms with van der Waals surface area (Å²) in [5.74, 6) is -1.44. The molecule has 3 N–H and O–H groups in total. The topological polar surface area (TPSA) is 136 Å². The van der Waals surface area contributed by atoms with Crippen LogP contribution >= 0.6 is 0 Å². The molecule has 0 saturated carbocycles. The van der Waals surface area contributed by atoms with E-state index in [9.17, 15) is 18.0 Å². The molecule has 10 heteroatoms. The lowest BCUT2D eigenvalue weighted by Gasteiger charge is -2.24. The van der Waals surface area contributed by atoms with Gasteiger partial charge in [-0.15, -0.1) is 0 Å². The van der Waals surface area contributed by atoms with Crippen molar-refractivity contribution in [2.75, 3.05) is 6.54 Å². The van der Waals surface area contributed by atoms with E-state index in [-0.39, 0.29) is 36.4 Å². The summed E-state index contributed by atoms with van der Waals surface area (Å²) in [6, 6.07) is -0.244. The largest absolute Gasteiger partial charge is 0.480 e. The molecule has 0 bridgehead atoms. The van der Waals surface area contributed by atoms with Crippen molar-refractivity contribution < 1.29 is 23.1 Å². The summed E-state index contributed by atoms with van der Waals surface area (Å²) in [7, 11) is -3.82. The summed E-state index contributed by atoms with van der Waals surface area (Å²) in [5.41, 5.74) is 0. The molecular formula is C11H18N4O5S. The highest BCUT2D eigenvalue weighted by Gasteiger charge is 2.20. The van der Waals surface area contributed by atoms with E-state index in [4.69, 9.17) is 10.2 Å². The highest BCUT2D eigenvalue weighted by atomic mass is 32.2. The van der Waals surface area contributed by atoms with E-state index in [0.717, 1.165) is 6.20 Å². The number of aliphatic carboxylic acids is 1. The highest BCUT2D eigenvalue weighted by Crippen LogP contribution is 2.06. The number of sulfonamides is 1. The fraction of sp³-hybridized carbons (Fsp3) is 0.545. The van der Waals surface area contributed by atoms with Crippen molar-refractivity contribution in [3.63, 3.8) is 0 Å². The molecule has 1 amide bonds. The molecule has 0 saturated heterocycles. The van der Waals surface area contributed by atoms with Crippen LogP contribution in [0.4, 0.5) is 0 Å². The smallest absolute Gasteiger partial charge is 0.323 e. The minimum Gasteiger partial charge on any atom is -0.480 e. The van der Waals surface area contributed by atoms with E-state index in [2.05, 4.69) is 5.10 Å². The van der Waals surface area contributed by atoms with E-state index in [1.165, 1.54) is 15.8 Å². The predicted molar refractivity (Wildman–Crippen MR) is 72.7 cm³/mol. The second-order valence-electron chi connectivity index (χ2n) is 4.74. The first kappa shape index (κ1) is 17.1.